The lowest BCUT2D eigenvalue weighted by Crippen LogP contribution is -2.38. The summed E-state index contributed by atoms with van der Waals surface area (Å²) in [4.78, 5) is 50.4. The Morgan fingerprint density at radius 2 is 2.04 bits per heavy atom. The third kappa shape index (κ3) is 5.35. The quantitative estimate of drug-likeness (QED) is 0.653. The summed E-state index contributed by atoms with van der Waals surface area (Å²) < 4.78 is 10.2. The number of halogens is 1. The highest BCUT2D eigenvalue weighted by molar-refractivity contribution is 6.31. The van der Waals surface area contributed by atoms with E-state index >= 15 is 0 Å². The number of ether oxygens (including phenoxy) is 2. The Hall–Kier alpha value is -2.81. The Bertz CT molecular complexity index is 783. The van der Waals surface area contributed by atoms with Gasteiger partial charge in [0.25, 0.3) is 5.91 Å². The average molecular weight is 412 g/mol. The van der Waals surface area contributed by atoms with Gasteiger partial charge in [0, 0.05) is 32.1 Å². The molecule has 1 aromatic rings. The van der Waals surface area contributed by atoms with E-state index in [-0.39, 0.29) is 31.3 Å². The third-order valence-corrected chi connectivity index (χ3v) is 4.41. The zero-order chi connectivity index (χ0) is 20.8. The molecule has 1 aliphatic heterocycles. The number of carbonyl (C=O) groups excluding carboxylic acids is 4. The van der Waals surface area contributed by atoms with Crippen molar-refractivity contribution in [2.45, 2.75) is 6.42 Å². The van der Waals surface area contributed by atoms with E-state index in [0.29, 0.717) is 16.5 Å². The highest BCUT2D eigenvalue weighted by atomic mass is 35.5. The molecule has 0 bridgehead atoms. The van der Waals surface area contributed by atoms with Crippen LogP contribution >= 0.6 is 11.6 Å². The summed E-state index contributed by atoms with van der Waals surface area (Å²) in [5.41, 5.74) is 0.468. The van der Waals surface area contributed by atoms with Gasteiger partial charge >= 0.3 is 5.97 Å². The molecule has 1 aromatic carbocycles. The zero-order valence-corrected chi connectivity index (χ0v) is 16.6. The topological polar surface area (TPSA) is 105 Å². The van der Waals surface area contributed by atoms with Gasteiger partial charge in [-0.3, -0.25) is 19.2 Å². The molecule has 0 aromatic heterocycles. The SMILES string of the molecule is COc1ccc(Cl)cc1N1C[C@@H](C(=O)OCC(=O)NCC(=O)N(C)C)CC1=O. The zero-order valence-electron chi connectivity index (χ0n) is 15.9. The number of carbonyl (C=O) groups is 4. The minimum atomic E-state index is -0.715. The first-order chi connectivity index (χ1) is 13.2. The van der Waals surface area contributed by atoms with E-state index in [9.17, 15) is 19.2 Å². The van der Waals surface area contributed by atoms with Gasteiger partial charge in [-0.15, -0.1) is 0 Å². The fourth-order valence-corrected chi connectivity index (χ4v) is 2.78. The summed E-state index contributed by atoms with van der Waals surface area (Å²) in [6.45, 7) is -0.618. The van der Waals surface area contributed by atoms with E-state index in [2.05, 4.69) is 5.32 Å². The van der Waals surface area contributed by atoms with E-state index in [1.807, 2.05) is 0 Å². The molecule has 1 fully saturated rings. The number of methoxy groups -OCH3 is 1. The lowest BCUT2D eigenvalue weighted by Gasteiger charge is -2.19. The first kappa shape index (κ1) is 21.5. The molecule has 9 nitrogen and oxygen atoms in total. The minimum absolute atomic E-state index is 0.0464. The van der Waals surface area contributed by atoms with Crippen molar-refractivity contribution in [1.82, 2.24) is 10.2 Å². The number of nitrogens with zero attached hydrogens (tertiary/aromatic N) is 2. The van der Waals surface area contributed by atoms with E-state index in [4.69, 9.17) is 21.1 Å². The molecule has 0 spiro atoms. The lowest BCUT2D eigenvalue weighted by molar-refractivity contribution is -0.152. The first-order valence-electron chi connectivity index (χ1n) is 8.50. The smallest absolute Gasteiger partial charge is 0.311 e. The van der Waals surface area contributed by atoms with Crippen molar-refractivity contribution < 1.29 is 28.7 Å². The molecule has 2 rings (SSSR count). The Labute approximate surface area is 167 Å². The molecule has 0 radical (unpaired) electrons. The number of esters is 1. The maximum Gasteiger partial charge on any atom is 0.311 e. The van der Waals surface area contributed by atoms with E-state index < -0.39 is 24.4 Å². The van der Waals surface area contributed by atoms with Gasteiger partial charge in [0.05, 0.1) is 25.3 Å². The molecule has 10 heteroatoms. The van der Waals surface area contributed by atoms with Crippen molar-refractivity contribution in [2.24, 2.45) is 5.92 Å². The number of anilines is 1. The van der Waals surface area contributed by atoms with Gasteiger partial charge in [-0.2, -0.15) is 0 Å². The van der Waals surface area contributed by atoms with Gasteiger partial charge in [-0.25, -0.2) is 0 Å². The summed E-state index contributed by atoms with van der Waals surface area (Å²) in [6, 6.07) is 4.85. The molecule has 0 aliphatic carbocycles. The monoisotopic (exact) mass is 411 g/mol. The standard InChI is InChI=1S/C18H22ClN3O6/c1-21(2)17(25)8-20-15(23)10-28-18(26)11-6-16(24)22(9-11)13-7-12(19)4-5-14(13)27-3/h4-5,7,11H,6,8-10H2,1-3H3,(H,20,23)/t11-/m0/s1. The Morgan fingerprint density at radius 1 is 1.32 bits per heavy atom. The second-order valence-electron chi connectivity index (χ2n) is 6.39. The molecule has 1 saturated heterocycles. The number of amides is 3. The molecule has 1 N–H and O–H groups in total. The van der Waals surface area contributed by atoms with Crippen LogP contribution in [0.5, 0.6) is 5.75 Å². The molecule has 1 atom stereocenters. The van der Waals surface area contributed by atoms with Crippen LogP contribution in [0.4, 0.5) is 5.69 Å². The van der Waals surface area contributed by atoms with Crippen molar-refractivity contribution in [3.8, 4) is 5.75 Å². The number of benzene rings is 1. The lowest BCUT2D eigenvalue weighted by atomic mass is 10.1. The largest absolute Gasteiger partial charge is 0.495 e. The predicted octanol–water partition coefficient (Wildman–Crippen LogP) is 0.449. The number of rotatable bonds is 7. The molecule has 0 saturated carbocycles. The molecule has 3 amide bonds. The second kappa shape index (κ2) is 9.41. The molecule has 1 aliphatic rings. The summed E-state index contributed by atoms with van der Waals surface area (Å²) in [7, 11) is 4.59. The van der Waals surface area contributed by atoms with Gasteiger partial charge in [-0.05, 0) is 18.2 Å². The molecular formula is C18H22ClN3O6. The molecule has 1 heterocycles. The van der Waals surface area contributed by atoms with Gasteiger partial charge in [0.1, 0.15) is 5.75 Å². The Balaban J connectivity index is 1.91. The van der Waals surface area contributed by atoms with Crippen molar-refractivity contribution >= 4 is 41.0 Å². The van der Waals surface area contributed by atoms with Crippen LogP contribution in [-0.2, 0) is 23.9 Å². The summed E-state index contributed by atoms with van der Waals surface area (Å²) in [5, 5.41) is 2.79. The first-order valence-corrected chi connectivity index (χ1v) is 8.88. The van der Waals surface area contributed by atoms with Crippen molar-refractivity contribution in [3.05, 3.63) is 23.2 Å². The van der Waals surface area contributed by atoms with Gasteiger partial charge in [-0.1, -0.05) is 11.6 Å². The maximum absolute atomic E-state index is 12.3. The highest BCUT2D eigenvalue weighted by Gasteiger charge is 2.37. The van der Waals surface area contributed by atoms with Crippen molar-refractivity contribution in [1.29, 1.82) is 0 Å². The predicted molar refractivity (Wildman–Crippen MR) is 101 cm³/mol. The summed E-state index contributed by atoms with van der Waals surface area (Å²) >= 11 is 6.00. The molecule has 28 heavy (non-hydrogen) atoms. The van der Waals surface area contributed by atoms with E-state index in [1.54, 1.807) is 32.3 Å². The van der Waals surface area contributed by atoms with Crippen LogP contribution in [0, 0.1) is 5.92 Å². The van der Waals surface area contributed by atoms with Crippen LogP contribution in [0.2, 0.25) is 5.02 Å². The fourth-order valence-electron chi connectivity index (χ4n) is 2.61. The molecule has 152 valence electrons. The number of hydrogen-bond acceptors (Lipinski definition) is 6. The molecular weight excluding hydrogens is 390 g/mol. The minimum Gasteiger partial charge on any atom is -0.495 e. The van der Waals surface area contributed by atoms with Crippen molar-refractivity contribution in [2.75, 3.05) is 45.8 Å². The van der Waals surface area contributed by atoms with Gasteiger partial charge < -0.3 is 24.6 Å². The Morgan fingerprint density at radius 3 is 2.68 bits per heavy atom. The van der Waals surface area contributed by atoms with Crippen molar-refractivity contribution in [3.63, 3.8) is 0 Å². The number of nitrogens with one attached hydrogen (secondary N) is 1. The fraction of sp³-hybridized carbons (Fsp3) is 0.444. The van der Waals surface area contributed by atoms with Gasteiger partial charge in [0.2, 0.25) is 11.8 Å². The normalized spacial score (nSPS) is 15.9. The van der Waals surface area contributed by atoms with Crippen LogP contribution in [0.25, 0.3) is 0 Å². The van der Waals surface area contributed by atoms with Crippen LogP contribution < -0.4 is 15.0 Å². The average Bonchev–Trinajstić information content (AvgIpc) is 3.05. The van der Waals surface area contributed by atoms with Crippen LogP contribution in [0.1, 0.15) is 6.42 Å². The third-order valence-electron chi connectivity index (χ3n) is 4.17. The summed E-state index contributed by atoms with van der Waals surface area (Å²) in [6.07, 6.45) is -0.0464. The maximum atomic E-state index is 12.3. The summed E-state index contributed by atoms with van der Waals surface area (Å²) in [5.74, 6) is -2.08. The Kier molecular flexibility index (Phi) is 7.22. The van der Waals surface area contributed by atoms with Crippen LogP contribution in [0.3, 0.4) is 0 Å². The number of likely N-dealkylation sites (N-methyl/N-ethyl adjacent to an activating group) is 1. The van der Waals surface area contributed by atoms with E-state index in [1.165, 1.54) is 16.9 Å². The highest BCUT2D eigenvalue weighted by Crippen LogP contribution is 2.35. The van der Waals surface area contributed by atoms with Crippen LogP contribution in [0.15, 0.2) is 18.2 Å². The van der Waals surface area contributed by atoms with Gasteiger partial charge in [0.15, 0.2) is 6.61 Å². The molecule has 0 unspecified atom stereocenters. The van der Waals surface area contributed by atoms with Crippen LogP contribution in [-0.4, -0.2) is 69.5 Å². The van der Waals surface area contributed by atoms with E-state index in [0.717, 1.165) is 0 Å². The second-order valence-corrected chi connectivity index (χ2v) is 6.83. The number of hydrogen-bond donors (Lipinski definition) is 1.